The Morgan fingerprint density at radius 1 is 1.69 bits per heavy atom. The monoisotopic (exact) mass is 217 g/mol. The van der Waals surface area contributed by atoms with Gasteiger partial charge in [0.05, 0.1) is 0 Å². The van der Waals surface area contributed by atoms with E-state index in [9.17, 15) is 4.79 Å². The van der Waals surface area contributed by atoms with Crippen molar-refractivity contribution < 1.29 is 4.79 Å². The maximum Gasteiger partial charge on any atom is 0.238 e. The van der Waals surface area contributed by atoms with Gasteiger partial charge in [-0.2, -0.15) is 11.3 Å². The van der Waals surface area contributed by atoms with Gasteiger partial charge >= 0.3 is 0 Å². The third kappa shape index (κ3) is 3.01. The second-order valence-corrected chi connectivity index (χ2v) is 4.31. The molecular formula is C9H12ClNOS. The van der Waals surface area contributed by atoms with Crippen molar-refractivity contribution in [2.24, 2.45) is 0 Å². The van der Waals surface area contributed by atoms with Crippen molar-refractivity contribution in [3.05, 3.63) is 21.9 Å². The summed E-state index contributed by atoms with van der Waals surface area (Å²) in [6.07, 6.45) is 0. The van der Waals surface area contributed by atoms with Gasteiger partial charge in [-0.15, -0.1) is 11.6 Å². The molecule has 0 aliphatic heterocycles. The lowest BCUT2D eigenvalue weighted by molar-refractivity contribution is -0.120. The predicted octanol–water partition coefficient (Wildman–Crippen LogP) is 2.30. The van der Waals surface area contributed by atoms with Crippen LogP contribution in [0.25, 0.3) is 0 Å². The highest BCUT2D eigenvalue weighted by Crippen LogP contribution is 2.13. The molecule has 0 bridgehead atoms. The first-order valence-corrected chi connectivity index (χ1v) is 5.42. The fourth-order valence-electron chi connectivity index (χ4n) is 0.891. The van der Waals surface area contributed by atoms with Crippen LogP contribution in [0.3, 0.4) is 0 Å². The molecule has 1 amide bonds. The van der Waals surface area contributed by atoms with Gasteiger partial charge in [-0.3, -0.25) is 4.79 Å². The largest absolute Gasteiger partial charge is 0.351 e. The molecule has 0 spiro atoms. The molecule has 1 aromatic rings. The minimum atomic E-state index is -0.459. The molecule has 0 radical (unpaired) electrons. The van der Waals surface area contributed by atoms with Crippen molar-refractivity contribution in [3.8, 4) is 0 Å². The van der Waals surface area contributed by atoms with Crippen molar-refractivity contribution in [1.29, 1.82) is 0 Å². The molecule has 1 unspecified atom stereocenters. The molecule has 1 rings (SSSR count). The number of nitrogens with one attached hydrogen (secondary N) is 1. The average Bonchev–Trinajstić information content (AvgIpc) is 2.47. The lowest BCUT2D eigenvalue weighted by atomic mass is 10.2. The maximum absolute atomic E-state index is 11.1. The van der Waals surface area contributed by atoms with Crippen molar-refractivity contribution in [2.75, 3.05) is 0 Å². The zero-order valence-electron chi connectivity index (χ0n) is 7.63. The number of thiophene rings is 1. The highest BCUT2D eigenvalue weighted by Gasteiger charge is 2.08. The Morgan fingerprint density at radius 2 is 2.38 bits per heavy atom. The Kier molecular flexibility index (Phi) is 3.75. The minimum Gasteiger partial charge on any atom is -0.351 e. The zero-order chi connectivity index (χ0) is 9.84. The third-order valence-electron chi connectivity index (χ3n) is 1.78. The molecule has 0 aliphatic carbocycles. The lowest BCUT2D eigenvalue weighted by Crippen LogP contribution is -2.29. The van der Waals surface area contributed by atoms with Crippen LogP contribution in [0.5, 0.6) is 0 Å². The quantitative estimate of drug-likeness (QED) is 0.774. The summed E-state index contributed by atoms with van der Waals surface area (Å²) >= 11 is 7.24. The second kappa shape index (κ2) is 4.63. The first-order valence-electron chi connectivity index (χ1n) is 4.04. The van der Waals surface area contributed by atoms with Crippen LogP contribution >= 0.6 is 22.9 Å². The van der Waals surface area contributed by atoms with E-state index in [4.69, 9.17) is 11.6 Å². The van der Waals surface area contributed by atoms with Crippen LogP contribution in [0.1, 0.15) is 18.1 Å². The van der Waals surface area contributed by atoms with Gasteiger partial charge in [0.15, 0.2) is 0 Å². The molecule has 0 saturated heterocycles. The van der Waals surface area contributed by atoms with Gasteiger partial charge in [-0.1, -0.05) is 0 Å². The summed E-state index contributed by atoms with van der Waals surface area (Å²) in [5, 5.41) is 6.40. The average molecular weight is 218 g/mol. The molecule has 0 fully saturated rings. The van der Waals surface area contributed by atoms with Gasteiger partial charge in [0, 0.05) is 6.54 Å². The van der Waals surface area contributed by atoms with Crippen molar-refractivity contribution in [1.82, 2.24) is 5.32 Å². The van der Waals surface area contributed by atoms with E-state index in [1.807, 2.05) is 12.3 Å². The van der Waals surface area contributed by atoms with Crippen LogP contribution in [0.2, 0.25) is 0 Å². The van der Waals surface area contributed by atoms with Crippen molar-refractivity contribution in [2.45, 2.75) is 25.8 Å². The Bertz CT molecular complexity index is 296. The lowest BCUT2D eigenvalue weighted by Gasteiger charge is -2.05. The topological polar surface area (TPSA) is 29.1 Å². The van der Waals surface area contributed by atoms with Crippen LogP contribution in [-0.4, -0.2) is 11.3 Å². The molecule has 2 nitrogen and oxygen atoms in total. The summed E-state index contributed by atoms with van der Waals surface area (Å²) in [5.74, 6) is -0.118. The van der Waals surface area contributed by atoms with E-state index >= 15 is 0 Å². The van der Waals surface area contributed by atoms with Crippen LogP contribution < -0.4 is 5.32 Å². The normalized spacial score (nSPS) is 12.5. The molecule has 1 N–H and O–H groups in total. The van der Waals surface area contributed by atoms with E-state index in [2.05, 4.69) is 10.7 Å². The summed E-state index contributed by atoms with van der Waals surface area (Å²) in [6, 6.07) is 0. The second-order valence-electron chi connectivity index (χ2n) is 2.91. The van der Waals surface area contributed by atoms with Crippen molar-refractivity contribution >= 4 is 28.8 Å². The first-order chi connectivity index (χ1) is 6.11. The molecule has 0 aromatic carbocycles. The SMILES string of the molecule is Cc1cscc1CNC(=O)C(C)Cl. The van der Waals surface area contributed by atoms with E-state index in [0.717, 1.165) is 5.56 Å². The predicted molar refractivity (Wildman–Crippen MR) is 56.2 cm³/mol. The number of alkyl halides is 1. The maximum atomic E-state index is 11.1. The highest BCUT2D eigenvalue weighted by atomic mass is 35.5. The van der Waals surface area contributed by atoms with E-state index < -0.39 is 5.38 Å². The van der Waals surface area contributed by atoms with Crippen LogP contribution in [-0.2, 0) is 11.3 Å². The fourth-order valence-corrected chi connectivity index (χ4v) is 1.83. The van der Waals surface area contributed by atoms with Gasteiger partial charge in [0.1, 0.15) is 5.38 Å². The Labute approximate surface area is 86.9 Å². The van der Waals surface area contributed by atoms with Crippen LogP contribution in [0, 0.1) is 6.92 Å². The summed E-state index contributed by atoms with van der Waals surface area (Å²) in [7, 11) is 0. The Hall–Kier alpha value is -0.540. The molecule has 0 aliphatic rings. The van der Waals surface area contributed by atoms with E-state index in [1.165, 1.54) is 5.56 Å². The first kappa shape index (κ1) is 10.5. The number of carbonyl (C=O) groups excluding carboxylic acids is 1. The highest BCUT2D eigenvalue weighted by molar-refractivity contribution is 7.08. The molecule has 72 valence electrons. The van der Waals surface area contributed by atoms with Crippen molar-refractivity contribution in [3.63, 3.8) is 0 Å². The Balaban J connectivity index is 2.44. The number of carbonyl (C=O) groups is 1. The van der Waals surface area contributed by atoms with E-state index in [0.29, 0.717) is 6.54 Å². The van der Waals surface area contributed by atoms with Gasteiger partial charge in [-0.25, -0.2) is 0 Å². The summed E-state index contributed by atoms with van der Waals surface area (Å²) in [4.78, 5) is 11.1. The van der Waals surface area contributed by atoms with Gasteiger partial charge in [0.25, 0.3) is 0 Å². The molecule has 1 heterocycles. The molecule has 0 saturated carbocycles. The number of hydrogen-bond donors (Lipinski definition) is 1. The van der Waals surface area contributed by atoms with Gasteiger partial charge in [-0.05, 0) is 35.7 Å². The number of aryl methyl sites for hydroxylation is 1. The minimum absolute atomic E-state index is 0.118. The molecule has 4 heteroatoms. The smallest absolute Gasteiger partial charge is 0.238 e. The molecule has 1 atom stereocenters. The van der Waals surface area contributed by atoms with E-state index in [1.54, 1.807) is 18.3 Å². The fraction of sp³-hybridized carbons (Fsp3) is 0.444. The van der Waals surface area contributed by atoms with Gasteiger partial charge < -0.3 is 5.32 Å². The Morgan fingerprint density at radius 3 is 2.85 bits per heavy atom. The molecular weight excluding hydrogens is 206 g/mol. The van der Waals surface area contributed by atoms with Gasteiger partial charge in [0.2, 0.25) is 5.91 Å². The number of amides is 1. The third-order valence-corrected chi connectivity index (χ3v) is 2.88. The number of rotatable bonds is 3. The standard InChI is InChI=1S/C9H12ClNOS/c1-6-4-13-5-8(6)3-11-9(12)7(2)10/h4-5,7H,3H2,1-2H3,(H,11,12). The van der Waals surface area contributed by atoms with Crippen LogP contribution in [0.15, 0.2) is 10.8 Å². The molecule has 13 heavy (non-hydrogen) atoms. The van der Waals surface area contributed by atoms with Crippen LogP contribution in [0.4, 0.5) is 0 Å². The zero-order valence-corrected chi connectivity index (χ0v) is 9.21. The summed E-state index contributed by atoms with van der Waals surface area (Å²) < 4.78 is 0. The van der Waals surface area contributed by atoms with E-state index in [-0.39, 0.29) is 5.91 Å². The molecule has 1 aromatic heterocycles. The number of hydrogen-bond acceptors (Lipinski definition) is 2. The summed E-state index contributed by atoms with van der Waals surface area (Å²) in [5.41, 5.74) is 2.38. The number of halogens is 1. The summed E-state index contributed by atoms with van der Waals surface area (Å²) in [6.45, 7) is 4.27.